The molecule has 0 aliphatic rings. The molecule has 0 bridgehead atoms. The van der Waals surface area contributed by atoms with E-state index in [4.69, 9.17) is 4.42 Å². The maximum absolute atomic E-state index is 5.60. The van der Waals surface area contributed by atoms with Crippen LogP contribution in [0.5, 0.6) is 0 Å². The highest BCUT2D eigenvalue weighted by molar-refractivity contribution is 9.10. The van der Waals surface area contributed by atoms with E-state index in [1.54, 1.807) is 0 Å². The van der Waals surface area contributed by atoms with Crippen LogP contribution in [-0.4, -0.2) is 10.2 Å². The highest BCUT2D eigenvalue weighted by Gasteiger charge is 2.13. The molecule has 84 valence electrons. The third-order valence-electron chi connectivity index (χ3n) is 2.29. The van der Waals surface area contributed by atoms with Crippen molar-refractivity contribution in [2.45, 2.75) is 26.7 Å². The van der Waals surface area contributed by atoms with Crippen molar-refractivity contribution >= 4 is 15.9 Å². The molecule has 0 atom stereocenters. The zero-order valence-electron chi connectivity index (χ0n) is 9.49. The summed E-state index contributed by atoms with van der Waals surface area (Å²) in [6.45, 7) is 6.10. The Morgan fingerprint density at radius 3 is 2.56 bits per heavy atom. The topological polar surface area (TPSA) is 38.9 Å². The fourth-order valence-electron chi connectivity index (χ4n) is 1.37. The Kier molecular flexibility index (Phi) is 3.10. The van der Waals surface area contributed by atoms with Crippen LogP contribution >= 0.6 is 15.9 Å². The first-order chi connectivity index (χ1) is 7.58. The quantitative estimate of drug-likeness (QED) is 0.837. The number of nitrogens with zero attached hydrogens (tertiary/aromatic N) is 2. The van der Waals surface area contributed by atoms with Crippen molar-refractivity contribution in [1.82, 2.24) is 10.2 Å². The van der Waals surface area contributed by atoms with Crippen molar-refractivity contribution in [1.29, 1.82) is 0 Å². The molecule has 0 aliphatic carbocycles. The maximum Gasteiger partial charge on any atom is 0.248 e. The molecule has 1 heterocycles. The lowest BCUT2D eigenvalue weighted by Crippen LogP contribution is -1.85. The molecule has 2 aromatic rings. The zero-order valence-corrected chi connectivity index (χ0v) is 11.1. The highest BCUT2D eigenvalue weighted by Crippen LogP contribution is 2.29. The van der Waals surface area contributed by atoms with Gasteiger partial charge in [0.15, 0.2) is 0 Å². The normalized spacial score (nSPS) is 11.1. The minimum Gasteiger partial charge on any atom is -0.420 e. The fraction of sp³-hybridized carbons (Fsp3) is 0.333. The standard InChI is InChI=1S/C12H13BrN2O/c1-7(2)11-14-15-12(16-11)9-5-4-8(3)6-10(9)13/h4-7H,1-3H3. The molecule has 0 saturated heterocycles. The van der Waals surface area contributed by atoms with Gasteiger partial charge in [-0.3, -0.25) is 0 Å². The first kappa shape index (κ1) is 11.3. The van der Waals surface area contributed by atoms with E-state index in [0.717, 1.165) is 10.0 Å². The van der Waals surface area contributed by atoms with Crippen molar-refractivity contribution in [3.05, 3.63) is 34.1 Å². The summed E-state index contributed by atoms with van der Waals surface area (Å²) in [4.78, 5) is 0. The van der Waals surface area contributed by atoms with Gasteiger partial charge in [0.2, 0.25) is 11.8 Å². The second-order valence-electron chi connectivity index (χ2n) is 4.08. The van der Waals surface area contributed by atoms with Crippen LogP contribution in [0.3, 0.4) is 0 Å². The van der Waals surface area contributed by atoms with E-state index in [0.29, 0.717) is 11.8 Å². The van der Waals surface area contributed by atoms with Gasteiger partial charge in [0.1, 0.15) is 0 Å². The molecular formula is C12H13BrN2O. The van der Waals surface area contributed by atoms with Gasteiger partial charge in [0, 0.05) is 10.4 Å². The van der Waals surface area contributed by atoms with E-state index < -0.39 is 0 Å². The number of aromatic nitrogens is 2. The van der Waals surface area contributed by atoms with Gasteiger partial charge in [0.05, 0.1) is 5.56 Å². The van der Waals surface area contributed by atoms with Crippen LogP contribution in [-0.2, 0) is 0 Å². The van der Waals surface area contributed by atoms with E-state index in [9.17, 15) is 0 Å². The Bertz CT molecular complexity index is 505. The van der Waals surface area contributed by atoms with E-state index in [1.165, 1.54) is 5.56 Å². The molecule has 0 saturated carbocycles. The van der Waals surface area contributed by atoms with Crippen LogP contribution in [0.4, 0.5) is 0 Å². The average molecular weight is 281 g/mol. The number of benzene rings is 1. The molecule has 16 heavy (non-hydrogen) atoms. The fourth-order valence-corrected chi connectivity index (χ4v) is 2.03. The summed E-state index contributed by atoms with van der Waals surface area (Å²) in [5.74, 6) is 1.49. The van der Waals surface area contributed by atoms with Gasteiger partial charge < -0.3 is 4.42 Å². The molecular weight excluding hydrogens is 268 g/mol. The lowest BCUT2D eigenvalue weighted by molar-refractivity contribution is 0.481. The number of hydrogen-bond donors (Lipinski definition) is 0. The van der Waals surface area contributed by atoms with Gasteiger partial charge in [-0.1, -0.05) is 19.9 Å². The van der Waals surface area contributed by atoms with Gasteiger partial charge in [-0.05, 0) is 40.5 Å². The smallest absolute Gasteiger partial charge is 0.248 e. The molecule has 0 N–H and O–H groups in total. The van der Waals surface area contributed by atoms with E-state index in [2.05, 4.69) is 26.1 Å². The molecule has 3 nitrogen and oxygen atoms in total. The molecule has 0 aliphatic heterocycles. The first-order valence-electron chi connectivity index (χ1n) is 5.18. The summed E-state index contributed by atoms with van der Waals surface area (Å²) in [5, 5.41) is 8.07. The molecule has 0 radical (unpaired) electrons. The summed E-state index contributed by atoms with van der Waals surface area (Å²) >= 11 is 3.50. The Morgan fingerprint density at radius 2 is 2.00 bits per heavy atom. The second kappa shape index (κ2) is 4.37. The van der Waals surface area contributed by atoms with Crippen molar-refractivity contribution < 1.29 is 4.42 Å². The first-order valence-corrected chi connectivity index (χ1v) is 5.97. The monoisotopic (exact) mass is 280 g/mol. The minimum absolute atomic E-state index is 0.255. The summed E-state index contributed by atoms with van der Waals surface area (Å²) in [7, 11) is 0. The lowest BCUT2D eigenvalue weighted by Gasteiger charge is -2.00. The minimum atomic E-state index is 0.255. The third-order valence-corrected chi connectivity index (χ3v) is 2.95. The van der Waals surface area contributed by atoms with Crippen LogP contribution in [0.1, 0.15) is 31.2 Å². The number of rotatable bonds is 2. The predicted octanol–water partition coefficient (Wildman–Crippen LogP) is 3.93. The molecule has 0 spiro atoms. The molecule has 1 aromatic heterocycles. The van der Waals surface area contributed by atoms with Crippen LogP contribution in [0.15, 0.2) is 27.1 Å². The largest absolute Gasteiger partial charge is 0.420 e. The summed E-state index contributed by atoms with van der Waals surface area (Å²) in [6.07, 6.45) is 0. The Labute approximate surface area is 103 Å². The Balaban J connectivity index is 2.42. The van der Waals surface area contributed by atoms with Gasteiger partial charge in [-0.2, -0.15) is 0 Å². The predicted molar refractivity (Wildman–Crippen MR) is 66.3 cm³/mol. The zero-order chi connectivity index (χ0) is 11.7. The van der Waals surface area contributed by atoms with E-state index >= 15 is 0 Å². The second-order valence-corrected chi connectivity index (χ2v) is 4.94. The Hall–Kier alpha value is -1.16. The summed E-state index contributed by atoms with van der Waals surface area (Å²) in [6, 6.07) is 6.05. The Morgan fingerprint density at radius 1 is 1.25 bits per heavy atom. The molecule has 0 unspecified atom stereocenters. The van der Waals surface area contributed by atoms with Crippen LogP contribution in [0.2, 0.25) is 0 Å². The summed E-state index contributed by atoms with van der Waals surface area (Å²) < 4.78 is 6.58. The lowest BCUT2D eigenvalue weighted by atomic mass is 10.1. The van der Waals surface area contributed by atoms with Crippen LogP contribution < -0.4 is 0 Å². The van der Waals surface area contributed by atoms with Gasteiger partial charge in [0.25, 0.3) is 0 Å². The van der Waals surface area contributed by atoms with Crippen molar-refractivity contribution in [2.24, 2.45) is 0 Å². The number of halogens is 1. The summed E-state index contributed by atoms with van der Waals surface area (Å²) in [5.41, 5.74) is 2.13. The van der Waals surface area contributed by atoms with Crippen molar-refractivity contribution in [3.63, 3.8) is 0 Å². The molecule has 4 heteroatoms. The molecule has 2 rings (SSSR count). The van der Waals surface area contributed by atoms with Crippen LogP contribution in [0.25, 0.3) is 11.5 Å². The van der Waals surface area contributed by atoms with Gasteiger partial charge in [-0.25, -0.2) is 0 Å². The van der Waals surface area contributed by atoms with E-state index in [-0.39, 0.29) is 5.92 Å². The number of aryl methyl sites for hydroxylation is 1. The molecule has 1 aromatic carbocycles. The van der Waals surface area contributed by atoms with Crippen molar-refractivity contribution in [2.75, 3.05) is 0 Å². The van der Waals surface area contributed by atoms with Crippen molar-refractivity contribution in [3.8, 4) is 11.5 Å². The molecule has 0 fully saturated rings. The maximum atomic E-state index is 5.60. The molecule has 0 amide bonds. The third kappa shape index (κ3) is 2.16. The SMILES string of the molecule is Cc1ccc(-c2nnc(C(C)C)o2)c(Br)c1. The van der Waals surface area contributed by atoms with Gasteiger partial charge >= 0.3 is 0 Å². The average Bonchev–Trinajstić information content (AvgIpc) is 2.66. The van der Waals surface area contributed by atoms with E-state index in [1.807, 2.05) is 39.0 Å². The van der Waals surface area contributed by atoms with Crippen LogP contribution in [0, 0.1) is 6.92 Å². The van der Waals surface area contributed by atoms with Gasteiger partial charge in [-0.15, -0.1) is 10.2 Å². The number of hydrogen-bond acceptors (Lipinski definition) is 3. The highest BCUT2D eigenvalue weighted by atomic mass is 79.9.